The van der Waals surface area contributed by atoms with Gasteiger partial charge in [-0.25, -0.2) is 0 Å². The van der Waals surface area contributed by atoms with Gasteiger partial charge in [0.25, 0.3) is 0 Å². The zero-order valence-electron chi connectivity index (χ0n) is 18.8. The summed E-state index contributed by atoms with van der Waals surface area (Å²) >= 11 is 0. The van der Waals surface area contributed by atoms with Gasteiger partial charge in [-0.3, -0.25) is 0 Å². The van der Waals surface area contributed by atoms with Gasteiger partial charge in [-0.1, -0.05) is 0 Å². The Morgan fingerprint density at radius 1 is 0.613 bits per heavy atom. The molecule has 0 aromatic heterocycles. The molecule has 0 aliphatic carbocycles. The van der Waals surface area contributed by atoms with E-state index in [0.717, 1.165) is 19.4 Å². The van der Waals surface area contributed by atoms with Crippen molar-refractivity contribution in [1.29, 1.82) is 0 Å². The Hall–Kier alpha value is -0.181. The van der Waals surface area contributed by atoms with Gasteiger partial charge in [-0.05, 0) is 0 Å². The van der Waals surface area contributed by atoms with Gasteiger partial charge in [0.1, 0.15) is 0 Å². The predicted octanol–water partition coefficient (Wildman–Crippen LogP) is 7.62. The molecule has 0 saturated carbocycles. The van der Waals surface area contributed by atoms with Crippen molar-refractivity contribution < 1.29 is 6.51 Å². The Labute approximate surface area is 178 Å². The molecule has 0 amide bonds. The first-order valence-corrected chi connectivity index (χ1v) is 21.7. The van der Waals surface area contributed by atoms with Crippen molar-refractivity contribution in [2.24, 2.45) is 0 Å². The number of fused-ring (bicyclic) bond motifs is 10. The molecule has 3 heteroatoms. The third kappa shape index (κ3) is 0.317. The summed E-state index contributed by atoms with van der Waals surface area (Å²) in [4.78, 5) is 11.0. The van der Waals surface area contributed by atoms with Gasteiger partial charge in [0.15, 0.2) is 0 Å². The van der Waals surface area contributed by atoms with Crippen molar-refractivity contribution in [3.05, 3.63) is 60.7 Å². The SMILES string of the molecule is CC(C)P(C(C)C)[C]12[CH]3[CH]4[CH]5[CH]1[Fe]45321678[CH]2[CH]1[CH]6[C]7(P(c1ccccc1)c1ccccc1)[CH]28. The normalized spacial score (nSPS) is 73.7. The molecule has 0 N–H and O–H groups in total. The summed E-state index contributed by atoms with van der Waals surface area (Å²) in [6, 6.07) is 24.1. The van der Waals surface area contributed by atoms with Crippen LogP contribution in [0.3, 0.4) is 0 Å². The van der Waals surface area contributed by atoms with Crippen LogP contribution in [0, 0.1) is 0 Å². The van der Waals surface area contributed by atoms with E-state index in [1.165, 1.54) is 38.5 Å². The summed E-state index contributed by atoms with van der Waals surface area (Å²) in [5.74, 6) is 0. The van der Waals surface area contributed by atoms with Gasteiger partial charge < -0.3 is 0 Å². The fraction of sp³-hybridized carbons (Fsp3) is 0.571. The first-order valence-electron chi connectivity index (χ1n) is 12.7. The van der Waals surface area contributed by atoms with E-state index in [-0.39, 0.29) is 15.8 Å². The molecule has 12 rings (SSSR count). The molecule has 10 aliphatic heterocycles. The average Bonchev–Trinajstić information content (AvgIpc) is 3.71. The summed E-state index contributed by atoms with van der Waals surface area (Å²) in [7, 11) is 0.0668. The van der Waals surface area contributed by atoms with Crippen molar-refractivity contribution >= 4 is 26.5 Å². The van der Waals surface area contributed by atoms with Gasteiger partial charge >= 0.3 is 179 Å². The summed E-state index contributed by atoms with van der Waals surface area (Å²) in [5.41, 5.74) is 1.93. The van der Waals surface area contributed by atoms with E-state index in [4.69, 9.17) is 0 Å². The van der Waals surface area contributed by atoms with Crippen LogP contribution in [0.4, 0.5) is 0 Å². The number of hydrogen-bond donors (Lipinski definition) is 0. The molecule has 2 aromatic rings. The summed E-state index contributed by atoms with van der Waals surface area (Å²) in [6.45, 7) is 7.05. The quantitative estimate of drug-likeness (QED) is 0.291. The van der Waals surface area contributed by atoms with Crippen molar-refractivity contribution in [1.82, 2.24) is 0 Å². The van der Waals surface area contributed by atoms with E-state index in [9.17, 15) is 0 Å². The minimum absolute atomic E-state index is 0.153. The molecule has 8 unspecified atom stereocenters. The molecule has 2 aromatic carbocycles. The average molecular weight is 486 g/mol. The van der Waals surface area contributed by atoms with Crippen LogP contribution in [-0.2, 0) is 6.51 Å². The zero-order chi connectivity index (χ0) is 20.5. The third-order valence-electron chi connectivity index (χ3n) is 18.5. The van der Waals surface area contributed by atoms with Crippen LogP contribution in [0.5, 0.6) is 0 Å². The summed E-state index contributed by atoms with van der Waals surface area (Å²) in [5, 5.41) is 3.51. The molecule has 10 heterocycles. The van der Waals surface area contributed by atoms with Crippen LogP contribution in [0.15, 0.2) is 60.7 Å². The predicted molar refractivity (Wildman–Crippen MR) is 132 cm³/mol. The van der Waals surface area contributed by atoms with E-state index in [0.29, 0.717) is 0 Å². The number of hydrogen-bond acceptors (Lipinski definition) is 0. The molecule has 10 fully saturated rings. The van der Waals surface area contributed by atoms with Crippen LogP contribution in [0.1, 0.15) is 27.7 Å². The molecular weight excluding hydrogens is 454 g/mol. The van der Waals surface area contributed by atoms with Crippen LogP contribution < -0.4 is 10.6 Å². The first kappa shape index (κ1) is 15.7. The molecule has 10 aliphatic rings. The fourth-order valence-electron chi connectivity index (χ4n) is 20.7. The van der Waals surface area contributed by atoms with E-state index >= 15 is 0 Å². The van der Waals surface area contributed by atoms with Crippen molar-refractivity contribution in [2.45, 2.75) is 85.7 Å². The van der Waals surface area contributed by atoms with Gasteiger partial charge in [-0.2, -0.15) is 0 Å². The first-order chi connectivity index (χ1) is 14.8. The van der Waals surface area contributed by atoms with Crippen molar-refractivity contribution in [3.8, 4) is 0 Å². The summed E-state index contributed by atoms with van der Waals surface area (Å²) in [6.07, 6.45) is 0. The summed E-state index contributed by atoms with van der Waals surface area (Å²) < 4.78 is 1.95. The molecule has 8 atom stereocenters. The van der Waals surface area contributed by atoms with E-state index in [1.807, 2.05) is 0 Å². The molecule has 0 nitrogen and oxygen atoms in total. The molecular formula is C28H32FeP2. The second-order valence-corrected chi connectivity index (χ2v) is 45.4. The Morgan fingerprint density at radius 3 is 1.35 bits per heavy atom. The molecule has 0 bridgehead atoms. The molecule has 31 heavy (non-hydrogen) atoms. The third-order valence-corrected chi connectivity index (χ3v) is 76.0. The van der Waals surface area contributed by atoms with Crippen LogP contribution in [0.25, 0.3) is 0 Å². The van der Waals surface area contributed by atoms with E-state index in [1.54, 1.807) is 10.6 Å². The Balaban J connectivity index is 1.23. The second-order valence-electron chi connectivity index (χ2n) is 15.3. The van der Waals surface area contributed by atoms with Crippen LogP contribution in [-0.4, -0.2) is 19.4 Å². The number of rotatable bonds is 6. The van der Waals surface area contributed by atoms with E-state index in [2.05, 4.69) is 88.4 Å². The molecule has 1 spiro atoms. The molecule has 162 valence electrons. The molecule has 10 saturated heterocycles. The number of benzene rings is 2. The second kappa shape index (κ2) is 2.09. The minimum atomic E-state index is -3.52. The van der Waals surface area contributed by atoms with Crippen LogP contribution in [0.2, 0.25) is 38.5 Å². The topological polar surface area (TPSA) is 0 Å². The maximum absolute atomic E-state index is 3.52. The monoisotopic (exact) mass is 486 g/mol. The van der Waals surface area contributed by atoms with Crippen molar-refractivity contribution in [2.75, 3.05) is 0 Å². The Kier molecular flexibility index (Phi) is 1.06. The Bertz CT molecular complexity index is 1610. The van der Waals surface area contributed by atoms with Gasteiger partial charge in [0.2, 0.25) is 0 Å². The Morgan fingerprint density at radius 2 is 1.00 bits per heavy atom. The van der Waals surface area contributed by atoms with Gasteiger partial charge in [0, 0.05) is 0 Å². The van der Waals surface area contributed by atoms with Gasteiger partial charge in [0.05, 0.1) is 0 Å². The van der Waals surface area contributed by atoms with Crippen molar-refractivity contribution in [3.63, 3.8) is 0 Å². The van der Waals surface area contributed by atoms with E-state index < -0.39 is 6.51 Å². The maximum atomic E-state index is 2.64. The molecule has 0 radical (unpaired) electrons. The van der Waals surface area contributed by atoms with Gasteiger partial charge in [-0.15, -0.1) is 0 Å². The standard InChI is InChI=1S/C17H14P.C11H18P.Fe/c1-3-9-15(10-4-1)18(17-13-7-8-14-17)16-11-5-2-6-12-16;1-9(2)12(10(3)4)11-7-5-6-8-11;/h1-14H;5-10H,1-4H3;. The van der Waals surface area contributed by atoms with Crippen LogP contribution >= 0.6 is 15.8 Å². The fourth-order valence-corrected chi connectivity index (χ4v) is 128. The zero-order valence-corrected chi connectivity index (χ0v) is 21.7.